The quantitative estimate of drug-likeness (QED) is 0.161. The zero-order valence-corrected chi connectivity index (χ0v) is 31.7. The summed E-state index contributed by atoms with van der Waals surface area (Å²) in [6, 6.07) is 64.6. The Labute approximate surface area is 340 Å². The Hall–Kier alpha value is -8.09. The first-order chi connectivity index (χ1) is 29.2. The summed E-state index contributed by atoms with van der Waals surface area (Å²) in [6.45, 7) is 0. The summed E-state index contributed by atoms with van der Waals surface area (Å²) in [5, 5.41) is 3.00. The molecular weight excluding hydrogens is 723 g/mol. The lowest BCUT2D eigenvalue weighted by atomic mass is 9.97. The van der Waals surface area contributed by atoms with Gasteiger partial charge in [-0.05, 0) is 57.6 Å². The van der Waals surface area contributed by atoms with E-state index in [1.165, 1.54) is 5.56 Å². The van der Waals surface area contributed by atoms with Crippen molar-refractivity contribution >= 4 is 32.8 Å². The summed E-state index contributed by atoms with van der Waals surface area (Å²) in [4.78, 5) is 24.3. The van der Waals surface area contributed by atoms with E-state index in [0.717, 1.165) is 88.6 Å². The molecule has 4 heterocycles. The van der Waals surface area contributed by atoms with Crippen LogP contribution < -0.4 is 0 Å². The average molecular weight is 756 g/mol. The highest BCUT2D eigenvalue weighted by Crippen LogP contribution is 2.36. The van der Waals surface area contributed by atoms with Crippen LogP contribution in [0.2, 0.25) is 0 Å². The van der Waals surface area contributed by atoms with E-state index in [2.05, 4.69) is 132 Å². The fraction of sp³-hybridized carbons (Fsp3) is 0. The molecule has 0 aliphatic carbocycles. The van der Waals surface area contributed by atoms with Crippen LogP contribution in [0, 0.1) is 0 Å². The van der Waals surface area contributed by atoms with Crippen LogP contribution in [0.25, 0.3) is 112 Å². The van der Waals surface area contributed by atoms with E-state index in [-0.39, 0.29) is 0 Å². The van der Waals surface area contributed by atoms with Crippen molar-refractivity contribution in [1.82, 2.24) is 24.9 Å². The Balaban J connectivity index is 0.870. The number of fused-ring (bicyclic) bond motifs is 5. The molecule has 0 saturated heterocycles. The second kappa shape index (κ2) is 14.4. The molecule has 0 saturated carbocycles. The molecule has 11 aromatic rings. The summed E-state index contributed by atoms with van der Waals surface area (Å²) in [5.74, 6) is 1.90. The minimum Gasteiger partial charge on any atom is -0.454 e. The van der Waals surface area contributed by atoms with Gasteiger partial charge in [0, 0.05) is 44.6 Å². The lowest BCUT2D eigenvalue weighted by Crippen LogP contribution is -2.00. The first-order valence-electron chi connectivity index (χ1n) is 19.6. The molecule has 59 heavy (non-hydrogen) atoms. The second-order valence-electron chi connectivity index (χ2n) is 14.5. The van der Waals surface area contributed by atoms with Crippen molar-refractivity contribution in [3.63, 3.8) is 0 Å². The maximum absolute atomic E-state index is 6.26. The van der Waals surface area contributed by atoms with E-state index < -0.39 is 0 Å². The van der Waals surface area contributed by atoms with Crippen molar-refractivity contribution in [3.8, 4) is 78.8 Å². The highest BCUT2D eigenvalue weighted by atomic mass is 16.3. The molecule has 7 aromatic carbocycles. The third-order valence-corrected chi connectivity index (χ3v) is 10.9. The summed E-state index contributed by atoms with van der Waals surface area (Å²) in [7, 11) is 0. The number of hydrogen-bond acceptors (Lipinski definition) is 6. The topological polar surface area (TPSA) is 77.6 Å². The molecule has 276 valence electrons. The second-order valence-corrected chi connectivity index (χ2v) is 14.5. The normalized spacial score (nSPS) is 11.4. The van der Waals surface area contributed by atoms with Crippen molar-refractivity contribution in [2.75, 3.05) is 0 Å². The maximum Gasteiger partial charge on any atom is 0.164 e. The van der Waals surface area contributed by atoms with Gasteiger partial charge in [0.2, 0.25) is 0 Å². The van der Waals surface area contributed by atoms with Gasteiger partial charge in [0.25, 0.3) is 0 Å². The van der Waals surface area contributed by atoms with Crippen LogP contribution in [0.5, 0.6) is 0 Å². The molecule has 0 amide bonds. The Morgan fingerprint density at radius 2 is 0.763 bits per heavy atom. The van der Waals surface area contributed by atoms with Crippen LogP contribution in [0.1, 0.15) is 0 Å². The van der Waals surface area contributed by atoms with Gasteiger partial charge < -0.3 is 4.42 Å². The molecule has 0 spiro atoms. The molecule has 11 rings (SSSR count). The number of para-hydroxylation sites is 1. The van der Waals surface area contributed by atoms with Crippen LogP contribution in [0.3, 0.4) is 0 Å². The van der Waals surface area contributed by atoms with Gasteiger partial charge in [0.1, 0.15) is 5.58 Å². The number of benzene rings is 7. The lowest BCUT2D eigenvalue weighted by Gasteiger charge is -2.10. The van der Waals surface area contributed by atoms with E-state index in [1.807, 2.05) is 73.1 Å². The first kappa shape index (κ1) is 34.2. The van der Waals surface area contributed by atoms with Crippen molar-refractivity contribution in [3.05, 3.63) is 200 Å². The van der Waals surface area contributed by atoms with Crippen LogP contribution in [-0.4, -0.2) is 24.9 Å². The van der Waals surface area contributed by atoms with Crippen LogP contribution in [-0.2, 0) is 0 Å². The zero-order chi connectivity index (χ0) is 39.1. The average Bonchev–Trinajstić information content (AvgIpc) is 3.71. The molecule has 0 N–H and O–H groups in total. The fourth-order valence-corrected chi connectivity index (χ4v) is 7.74. The third-order valence-electron chi connectivity index (χ3n) is 10.9. The van der Waals surface area contributed by atoms with Gasteiger partial charge in [-0.2, -0.15) is 0 Å². The molecule has 0 unspecified atom stereocenters. The highest BCUT2D eigenvalue weighted by molar-refractivity contribution is 6.14. The van der Waals surface area contributed by atoms with E-state index in [4.69, 9.17) is 24.4 Å². The van der Waals surface area contributed by atoms with Crippen LogP contribution >= 0.6 is 0 Å². The van der Waals surface area contributed by atoms with Gasteiger partial charge >= 0.3 is 0 Å². The number of furan rings is 1. The molecular formula is C53H33N5O. The third kappa shape index (κ3) is 6.49. The molecule has 0 atom stereocenters. The molecule has 0 bridgehead atoms. The maximum atomic E-state index is 6.26. The van der Waals surface area contributed by atoms with Crippen molar-refractivity contribution in [2.24, 2.45) is 0 Å². The minimum absolute atomic E-state index is 0.626. The summed E-state index contributed by atoms with van der Waals surface area (Å²) < 4.78 is 6.26. The Morgan fingerprint density at radius 1 is 0.305 bits per heavy atom. The minimum atomic E-state index is 0.626. The number of rotatable bonds is 7. The molecule has 6 heteroatoms. The largest absolute Gasteiger partial charge is 0.454 e. The van der Waals surface area contributed by atoms with E-state index >= 15 is 0 Å². The van der Waals surface area contributed by atoms with Gasteiger partial charge in [-0.3, -0.25) is 9.97 Å². The molecule has 4 aromatic heterocycles. The van der Waals surface area contributed by atoms with Gasteiger partial charge in [-0.15, -0.1) is 0 Å². The zero-order valence-electron chi connectivity index (χ0n) is 31.7. The molecule has 6 nitrogen and oxygen atoms in total. The van der Waals surface area contributed by atoms with Crippen molar-refractivity contribution in [2.45, 2.75) is 0 Å². The van der Waals surface area contributed by atoms with Crippen LogP contribution in [0.4, 0.5) is 0 Å². The van der Waals surface area contributed by atoms with E-state index in [9.17, 15) is 0 Å². The monoisotopic (exact) mass is 755 g/mol. The smallest absolute Gasteiger partial charge is 0.164 e. The molecule has 0 aliphatic heterocycles. The summed E-state index contributed by atoms with van der Waals surface area (Å²) in [6.07, 6.45) is 3.71. The number of aromatic nitrogens is 5. The number of pyridine rings is 2. The van der Waals surface area contributed by atoms with Gasteiger partial charge in [-0.1, -0.05) is 164 Å². The van der Waals surface area contributed by atoms with Gasteiger partial charge in [0.05, 0.1) is 17.4 Å². The highest BCUT2D eigenvalue weighted by Gasteiger charge is 2.15. The first-order valence-corrected chi connectivity index (χ1v) is 19.6. The Kier molecular flexibility index (Phi) is 8.37. The van der Waals surface area contributed by atoms with Crippen LogP contribution in [0.15, 0.2) is 205 Å². The predicted octanol–water partition coefficient (Wildman–Crippen LogP) is 13.4. The Morgan fingerprint density at radius 3 is 1.37 bits per heavy atom. The molecule has 0 aliphatic rings. The van der Waals surface area contributed by atoms with E-state index in [0.29, 0.717) is 17.5 Å². The van der Waals surface area contributed by atoms with Crippen molar-refractivity contribution < 1.29 is 4.42 Å². The predicted molar refractivity (Wildman–Crippen MR) is 238 cm³/mol. The number of hydrogen-bond donors (Lipinski definition) is 0. The molecule has 0 radical (unpaired) electrons. The fourth-order valence-electron chi connectivity index (χ4n) is 7.74. The van der Waals surface area contributed by atoms with Gasteiger partial charge in [0.15, 0.2) is 23.1 Å². The van der Waals surface area contributed by atoms with Crippen molar-refractivity contribution in [1.29, 1.82) is 0 Å². The lowest BCUT2D eigenvalue weighted by molar-refractivity contribution is 0.670. The van der Waals surface area contributed by atoms with Gasteiger partial charge in [-0.25, -0.2) is 15.0 Å². The molecule has 0 fully saturated rings. The standard InChI is InChI=1S/C53H33N5O/c1-3-10-34(11-4-1)35-20-26-40(27-21-35)52-56-51(39-12-5-2-6-13-39)57-53(58-52)41-28-22-37(23-29-41)43-15-9-14-42(30-43)36-18-24-38(25-19-36)48-31-45-46-32-54-47-17-8-7-16-44(47)50(46)59-49(45)33-55-48/h1-33H. The Bertz CT molecular complexity index is 3290. The van der Waals surface area contributed by atoms with E-state index in [1.54, 1.807) is 0 Å². The SMILES string of the molecule is c1ccc(-c2ccc(-c3nc(-c4ccccc4)nc(-c4ccc(-c5cccc(-c6ccc(-c7cc8c(cn7)oc7c9ccccc9ncc87)cc6)c5)cc4)n3)cc2)cc1. The number of nitrogens with zero attached hydrogens (tertiary/aromatic N) is 5. The summed E-state index contributed by atoms with van der Waals surface area (Å²) >= 11 is 0. The summed E-state index contributed by atoms with van der Waals surface area (Å²) in [5.41, 5.74) is 14.0.